The van der Waals surface area contributed by atoms with Gasteiger partial charge in [0, 0.05) is 7.05 Å². The molecule has 0 aliphatic rings. The van der Waals surface area contributed by atoms with Crippen molar-refractivity contribution in [3.05, 3.63) is 76.8 Å². The molecule has 4 aromatic rings. The number of hydrogen-bond donors (Lipinski definition) is 0. The van der Waals surface area contributed by atoms with Gasteiger partial charge in [0.25, 0.3) is 5.91 Å². The van der Waals surface area contributed by atoms with Crippen molar-refractivity contribution in [3.8, 4) is 0 Å². The highest BCUT2D eigenvalue weighted by atomic mass is 32.1. The van der Waals surface area contributed by atoms with E-state index in [4.69, 9.17) is 0 Å². The molecule has 1 aromatic heterocycles. The zero-order valence-electron chi connectivity index (χ0n) is 13.6. The monoisotopic (exact) mass is 350 g/mol. The van der Waals surface area contributed by atoms with E-state index in [-0.39, 0.29) is 18.1 Å². The lowest BCUT2D eigenvalue weighted by molar-refractivity contribution is -0.117. The van der Waals surface area contributed by atoms with Gasteiger partial charge in [-0.05, 0) is 28.5 Å². The Kier molecular flexibility index (Phi) is 3.93. The fourth-order valence-electron chi connectivity index (χ4n) is 3.02. The van der Waals surface area contributed by atoms with E-state index >= 15 is 0 Å². The average molecular weight is 350 g/mol. The van der Waals surface area contributed by atoms with Gasteiger partial charge in [0.1, 0.15) is 5.82 Å². The number of carbonyl (C=O) groups is 1. The van der Waals surface area contributed by atoms with Crippen molar-refractivity contribution in [3.63, 3.8) is 0 Å². The van der Waals surface area contributed by atoms with E-state index in [1.165, 1.54) is 17.4 Å². The molecule has 1 amide bonds. The molecule has 0 spiro atoms. The van der Waals surface area contributed by atoms with Crippen LogP contribution in [0.3, 0.4) is 0 Å². The Balaban J connectivity index is 1.74. The van der Waals surface area contributed by atoms with E-state index in [0.29, 0.717) is 10.3 Å². The molecule has 0 aliphatic heterocycles. The van der Waals surface area contributed by atoms with Gasteiger partial charge in [0.2, 0.25) is 0 Å². The van der Waals surface area contributed by atoms with Crippen molar-refractivity contribution in [1.82, 2.24) is 4.57 Å². The van der Waals surface area contributed by atoms with Crippen LogP contribution in [0.1, 0.15) is 5.56 Å². The largest absolute Gasteiger partial charge is 0.317 e. The molecule has 0 fully saturated rings. The lowest BCUT2D eigenvalue weighted by Gasteiger charge is -2.04. The second-order valence-corrected chi connectivity index (χ2v) is 6.86. The minimum atomic E-state index is -0.306. The molecule has 3 aromatic carbocycles. The van der Waals surface area contributed by atoms with Crippen molar-refractivity contribution in [2.75, 3.05) is 0 Å². The number of rotatable bonds is 2. The summed E-state index contributed by atoms with van der Waals surface area (Å²) >= 11 is 1.32. The third kappa shape index (κ3) is 2.87. The van der Waals surface area contributed by atoms with Crippen molar-refractivity contribution in [2.45, 2.75) is 6.42 Å². The van der Waals surface area contributed by atoms with Gasteiger partial charge < -0.3 is 4.57 Å². The molecule has 0 bridgehead atoms. The molecule has 1 heterocycles. The summed E-state index contributed by atoms with van der Waals surface area (Å²) in [6.45, 7) is 0. The van der Waals surface area contributed by atoms with Crippen LogP contribution in [-0.4, -0.2) is 10.5 Å². The van der Waals surface area contributed by atoms with Gasteiger partial charge in [0.05, 0.1) is 16.6 Å². The molecular weight excluding hydrogens is 335 g/mol. The molecule has 0 N–H and O–H groups in total. The number of benzene rings is 3. The molecule has 4 rings (SSSR count). The maximum Gasteiger partial charge on any atom is 0.252 e. The van der Waals surface area contributed by atoms with Crippen LogP contribution in [0.5, 0.6) is 0 Å². The Morgan fingerprint density at radius 2 is 1.84 bits per heavy atom. The molecule has 0 atom stereocenters. The number of fused-ring (bicyclic) bond motifs is 2. The van der Waals surface area contributed by atoms with Crippen molar-refractivity contribution in [1.29, 1.82) is 0 Å². The van der Waals surface area contributed by atoms with Crippen LogP contribution in [0.15, 0.2) is 65.7 Å². The minimum Gasteiger partial charge on any atom is -0.317 e. The number of amides is 1. The van der Waals surface area contributed by atoms with E-state index in [2.05, 4.69) is 4.99 Å². The normalized spacial score (nSPS) is 12.2. The molecular formula is C20H15FN2OS. The number of aryl methyl sites for hydroxylation is 1. The SMILES string of the molecule is Cn1c(=NC(=O)Cc2cccc3ccccc23)sc2cccc(F)c21. The van der Waals surface area contributed by atoms with Gasteiger partial charge in [-0.1, -0.05) is 59.9 Å². The number of hydrogen-bond acceptors (Lipinski definition) is 2. The maximum absolute atomic E-state index is 14.0. The Morgan fingerprint density at radius 1 is 1.08 bits per heavy atom. The van der Waals surface area contributed by atoms with E-state index in [1.54, 1.807) is 17.7 Å². The highest BCUT2D eigenvalue weighted by Crippen LogP contribution is 2.20. The first-order valence-corrected chi connectivity index (χ1v) is 8.73. The molecule has 0 radical (unpaired) electrons. The molecule has 0 saturated carbocycles. The first kappa shape index (κ1) is 15.7. The summed E-state index contributed by atoms with van der Waals surface area (Å²) in [5, 5.41) is 2.16. The first-order valence-electron chi connectivity index (χ1n) is 7.92. The van der Waals surface area contributed by atoms with Crippen LogP contribution < -0.4 is 4.80 Å². The molecule has 5 heteroatoms. The fourth-order valence-corrected chi connectivity index (χ4v) is 4.07. The zero-order chi connectivity index (χ0) is 17.4. The summed E-state index contributed by atoms with van der Waals surface area (Å²) in [4.78, 5) is 17.2. The number of carbonyl (C=O) groups excluding carboxylic acids is 1. The van der Waals surface area contributed by atoms with Crippen LogP contribution in [0.2, 0.25) is 0 Å². The molecule has 124 valence electrons. The van der Waals surface area contributed by atoms with Gasteiger partial charge in [-0.25, -0.2) is 4.39 Å². The smallest absolute Gasteiger partial charge is 0.252 e. The van der Waals surface area contributed by atoms with Gasteiger partial charge >= 0.3 is 0 Å². The quantitative estimate of drug-likeness (QED) is 0.533. The average Bonchev–Trinajstić information content (AvgIpc) is 2.92. The van der Waals surface area contributed by atoms with Crippen LogP contribution in [0, 0.1) is 5.82 Å². The third-order valence-electron chi connectivity index (χ3n) is 4.22. The van der Waals surface area contributed by atoms with E-state index in [1.807, 2.05) is 48.5 Å². The summed E-state index contributed by atoms with van der Waals surface area (Å²) < 4.78 is 16.4. The number of thiazole rings is 1. The van der Waals surface area contributed by atoms with Crippen LogP contribution in [-0.2, 0) is 18.3 Å². The number of nitrogens with zero attached hydrogens (tertiary/aromatic N) is 2. The minimum absolute atomic E-state index is 0.220. The maximum atomic E-state index is 14.0. The zero-order valence-corrected chi connectivity index (χ0v) is 14.4. The summed E-state index contributed by atoms with van der Waals surface area (Å²) in [5.41, 5.74) is 1.42. The summed E-state index contributed by atoms with van der Waals surface area (Å²) in [6, 6.07) is 18.8. The van der Waals surface area contributed by atoms with Crippen molar-refractivity contribution < 1.29 is 9.18 Å². The third-order valence-corrected chi connectivity index (χ3v) is 5.31. The number of halogens is 1. The Labute approximate surface area is 147 Å². The molecule has 25 heavy (non-hydrogen) atoms. The van der Waals surface area contributed by atoms with E-state index in [9.17, 15) is 9.18 Å². The van der Waals surface area contributed by atoms with Gasteiger partial charge in [-0.2, -0.15) is 4.99 Å². The standard InChI is InChI=1S/C20H15FN2OS/c1-23-19-16(21)10-5-11-17(19)25-20(23)22-18(24)12-14-8-4-7-13-6-2-3-9-15(13)14/h2-11H,12H2,1H3. The lowest BCUT2D eigenvalue weighted by Crippen LogP contribution is -2.14. The molecule has 3 nitrogen and oxygen atoms in total. The van der Waals surface area contributed by atoms with E-state index in [0.717, 1.165) is 21.0 Å². The van der Waals surface area contributed by atoms with Crippen LogP contribution >= 0.6 is 11.3 Å². The van der Waals surface area contributed by atoms with Gasteiger partial charge in [0.15, 0.2) is 4.80 Å². The highest BCUT2D eigenvalue weighted by molar-refractivity contribution is 7.16. The second-order valence-electron chi connectivity index (χ2n) is 5.85. The second kappa shape index (κ2) is 6.26. The van der Waals surface area contributed by atoms with Gasteiger partial charge in [-0.3, -0.25) is 4.79 Å². The molecule has 0 saturated heterocycles. The van der Waals surface area contributed by atoms with Crippen molar-refractivity contribution in [2.24, 2.45) is 12.0 Å². The van der Waals surface area contributed by atoms with Crippen molar-refractivity contribution >= 4 is 38.2 Å². The molecule has 0 aliphatic carbocycles. The van der Waals surface area contributed by atoms with Gasteiger partial charge in [-0.15, -0.1) is 0 Å². The predicted octanol–water partition coefficient (Wildman–Crippen LogP) is 4.20. The van der Waals surface area contributed by atoms with Crippen LogP contribution in [0.25, 0.3) is 21.0 Å². The predicted molar refractivity (Wildman–Crippen MR) is 99.0 cm³/mol. The topological polar surface area (TPSA) is 34.4 Å². The Morgan fingerprint density at radius 3 is 2.68 bits per heavy atom. The summed E-state index contributed by atoms with van der Waals surface area (Å²) in [6.07, 6.45) is 0.220. The highest BCUT2D eigenvalue weighted by Gasteiger charge is 2.10. The molecule has 0 unspecified atom stereocenters. The number of para-hydroxylation sites is 1. The Bertz CT molecular complexity index is 1170. The summed E-state index contributed by atoms with van der Waals surface area (Å²) in [5.74, 6) is -0.543. The fraction of sp³-hybridized carbons (Fsp3) is 0.100. The Hall–Kier alpha value is -2.79. The first-order chi connectivity index (χ1) is 12.1. The number of aromatic nitrogens is 1. The summed E-state index contributed by atoms with van der Waals surface area (Å²) in [7, 11) is 1.73. The lowest BCUT2D eigenvalue weighted by atomic mass is 10.0. The van der Waals surface area contributed by atoms with E-state index < -0.39 is 0 Å². The van der Waals surface area contributed by atoms with Crippen LogP contribution in [0.4, 0.5) is 4.39 Å².